The SMILES string of the molecule is CC(=O)N1CCCN(C(=O)[C@H](Cc2ccccc2)NC(=O)c2ccc(Cl)cc2)CC1. The zero-order valence-electron chi connectivity index (χ0n) is 17.0. The monoisotopic (exact) mass is 427 g/mol. The van der Waals surface area contributed by atoms with E-state index in [1.54, 1.807) is 41.0 Å². The average molecular weight is 428 g/mol. The number of amides is 3. The Morgan fingerprint density at radius 3 is 2.23 bits per heavy atom. The van der Waals surface area contributed by atoms with Gasteiger partial charge in [-0.25, -0.2) is 0 Å². The topological polar surface area (TPSA) is 69.7 Å². The molecule has 1 aliphatic heterocycles. The zero-order valence-corrected chi connectivity index (χ0v) is 17.8. The summed E-state index contributed by atoms with van der Waals surface area (Å²) in [5.41, 5.74) is 1.41. The molecule has 2 aromatic carbocycles. The van der Waals surface area contributed by atoms with Crippen LogP contribution in [0.15, 0.2) is 54.6 Å². The normalized spacial score (nSPS) is 15.3. The third kappa shape index (κ3) is 5.83. The van der Waals surface area contributed by atoms with Gasteiger partial charge in [-0.05, 0) is 36.2 Å². The van der Waals surface area contributed by atoms with Gasteiger partial charge in [0.05, 0.1) is 0 Å². The van der Waals surface area contributed by atoms with Crippen molar-refractivity contribution in [2.24, 2.45) is 0 Å². The molecule has 0 aromatic heterocycles. The van der Waals surface area contributed by atoms with E-state index in [0.29, 0.717) is 49.6 Å². The van der Waals surface area contributed by atoms with E-state index in [-0.39, 0.29) is 17.7 Å². The molecule has 7 heteroatoms. The Kier molecular flexibility index (Phi) is 7.46. The molecule has 30 heavy (non-hydrogen) atoms. The van der Waals surface area contributed by atoms with Crippen LogP contribution in [0.3, 0.4) is 0 Å². The molecule has 1 atom stereocenters. The van der Waals surface area contributed by atoms with Crippen molar-refractivity contribution in [2.75, 3.05) is 26.2 Å². The van der Waals surface area contributed by atoms with Crippen LogP contribution < -0.4 is 5.32 Å². The van der Waals surface area contributed by atoms with Crippen molar-refractivity contribution < 1.29 is 14.4 Å². The number of carbonyl (C=O) groups excluding carboxylic acids is 3. The van der Waals surface area contributed by atoms with Crippen molar-refractivity contribution in [3.63, 3.8) is 0 Å². The lowest BCUT2D eigenvalue weighted by atomic mass is 10.0. The predicted octanol–water partition coefficient (Wildman–Crippen LogP) is 2.76. The molecule has 0 radical (unpaired) electrons. The van der Waals surface area contributed by atoms with E-state index in [9.17, 15) is 14.4 Å². The minimum absolute atomic E-state index is 0.0150. The summed E-state index contributed by atoms with van der Waals surface area (Å²) >= 11 is 5.91. The van der Waals surface area contributed by atoms with Crippen LogP contribution in [0.1, 0.15) is 29.3 Å². The number of hydrogen-bond acceptors (Lipinski definition) is 3. The molecular weight excluding hydrogens is 402 g/mol. The van der Waals surface area contributed by atoms with Crippen LogP contribution in [0.4, 0.5) is 0 Å². The molecule has 0 aliphatic carbocycles. The van der Waals surface area contributed by atoms with Gasteiger partial charge in [0.25, 0.3) is 5.91 Å². The average Bonchev–Trinajstić information content (AvgIpc) is 3.00. The van der Waals surface area contributed by atoms with E-state index < -0.39 is 6.04 Å². The Labute approximate surface area is 181 Å². The Bertz CT molecular complexity index is 886. The first-order valence-corrected chi connectivity index (χ1v) is 10.5. The van der Waals surface area contributed by atoms with Crippen LogP contribution >= 0.6 is 11.6 Å². The molecule has 158 valence electrons. The number of halogens is 1. The summed E-state index contributed by atoms with van der Waals surface area (Å²) < 4.78 is 0. The third-order valence-electron chi connectivity index (χ3n) is 5.25. The van der Waals surface area contributed by atoms with Crippen LogP contribution in [-0.2, 0) is 16.0 Å². The fourth-order valence-electron chi connectivity index (χ4n) is 3.57. The first-order chi connectivity index (χ1) is 14.4. The van der Waals surface area contributed by atoms with Crippen LogP contribution in [0.2, 0.25) is 5.02 Å². The number of rotatable bonds is 5. The minimum atomic E-state index is -0.695. The van der Waals surface area contributed by atoms with Gasteiger partial charge >= 0.3 is 0 Å². The smallest absolute Gasteiger partial charge is 0.251 e. The Hall–Kier alpha value is -2.86. The van der Waals surface area contributed by atoms with Crippen molar-refractivity contribution >= 4 is 29.3 Å². The number of nitrogens with zero attached hydrogens (tertiary/aromatic N) is 2. The lowest BCUT2D eigenvalue weighted by Gasteiger charge is -2.27. The highest BCUT2D eigenvalue weighted by Crippen LogP contribution is 2.13. The summed E-state index contributed by atoms with van der Waals surface area (Å²) in [4.78, 5) is 41.3. The molecule has 1 fully saturated rings. The van der Waals surface area contributed by atoms with Crippen LogP contribution in [0, 0.1) is 0 Å². The van der Waals surface area contributed by atoms with Crippen molar-refractivity contribution in [1.82, 2.24) is 15.1 Å². The van der Waals surface area contributed by atoms with Crippen LogP contribution in [-0.4, -0.2) is 59.7 Å². The summed E-state index contributed by atoms with van der Waals surface area (Å²) in [5, 5.41) is 3.44. The Morgan fingerprint density at radius 1 is 0.933 bits per heavy atom. The molecule has 0 bridgehead atoms. The second kappa shape index (κ2) is 10.3. The molecule has 0 saturated carbocycles. The molecule has 6 nitrogen and oxygen atoms in total. The van der Waals surface area contributed by atoms with Gasteiger partial charge in [-0.3, -0.25) is 14.4 Å². The summed E-state index contributed by atoms with van der Waals surface area (Å²) in [6.07, 6.45) is 1.11. The lowest BCUT2D eigenvalue weighted by Crippen LogP contribution is -2.50. The zero-order chi connectivity index (χ0) is 21.5. The maximum Gasteiger partial charge on any atom is 0.251 e. The molecule has 1 N–H and O–H groups in total. The van der Waals surface area contributed by atoms with Crippen LogP contribution in [0.5, 0.6) is 0 Å². The highest BCUT2D eigenvalue weighted by Gasteiger charge is 2.28. The van der Waals surface area contributed by atoms with E-state index in [1.165, 1.54) is 0 Å². The van der Waals surface area contributed by atoms with Gasteiger partial charge in [-0.2, -0.15) is 0 Å². The van der Waals surface area contributed by atoms with E-state index in [2.05, 4.69) is 5.32 Å². The molecular formula is C23H26ClN3O3. The third-order valence-corrected chi connectivity index (χ3v) is 5.50. The Morgan fingerprint density at radius 2 is 1.57 bits per heavy atom. The van der Waals surface area contributed by atoms with Gasteiger partial charge in [-0.15, -0.1) is 0 Å². The second-order valence-corrected chi connectivity index (χ2v) is 7.84. The van der Waals surface area contributed by atoms with E-state index in [0.717, 1.165) is 5.56 Å². The fourth-order valence-corrected chi connectivity index (χ4v) is 3.69. The molecule has 0 spiro atoms. The van der Waals surface area contributed by atoms with Gasteiger partial charge in [0.1, 0.15) is 6.04 Å². The van der Waals surface area contributed by atoms with Gasteiger partial charge in [0, 0.05) is 50.1 Å². The molecule has 1 aliphatic rings. The molecule has 1 saturated heterocycles. The van der Waals surface area contributed by atoms with E-state index in [1.807, 2.05) is 30.3 Å². The largest absolute Gasteiger partial charge is 0.341 e. The second-order valence-electron chi connectivity index (χ2n) is 7.41. The van der Waals surface area contributed by atoms with Gasteiger partial charge < -0.3 is 15.1 Å². The summed E-state index contributed by atoms with van der Waals surface area (Å²) in [7, 11) is 0. The maximum absolute atomic E-state index is 13.3. The number of hydrogen-bond donors (Lipinski definition) is 1. The number of benzene rings is 2. The van der Waals surface area contributed by atoms with Crippen molar-refractivity contribution in [3.8, 4) is 0 Å². The lowest BCUT2D eigenvalue weighted by molar-refractivity contribution is -0.134. The van der Waals surface area contributed by atoms with E-state index in [4.69, 9.17) is 11.6 Å². The van der Waals surface area contributed by atoms with Crippen molar-refractivity contribution in [3.05, 3.63) is 70.7 Å². The minimum Gasteiger partial charge on any atom is -0.341 e. The molecule has 2 aromatic rings. The standard InChI is InChI=1S/C23H26ClN3O3/c1-17(28)26-12-5-13-27(15-14-26)23(30)21(16-18-6-3-2-4-7-18)25-22(29)19-8-10-20(24)11-9-19/h2-4,6-11,21H,5,12-16H2,1H3,(H,25,29)/t21-/m0/s1. The molecule has 0 unspecified atom stereocenters. The van der Waals surface area contributed by atoms with Gasteiger partial charge in [-0.1, -0.05) is 41.9 Å². The molecule has 1 heterocycles. The maximum atomic E-state index is 13.3. The van der Waals surface area contributed by atoms with E-state index >= 15 is 0 Å². The molecule has 3 amide bonds. The number of carbonyl (C=O) groups is 3. The predicted molar refractivity (Wildman–Crippen MR) is 116 cm³/mol. The summed E-state index contributed by atoms with van der Waals surface area (Å²) in [6.45, 7) is 3.71. The highest BCUT2D eigenvalue weighted by atomic mass is 35.5. The van der Waals surface area contributed by atoms with Gasteiger partial charge in [0.15, 0.2) is 0 Å². The first-order valence-electron chi connectivity index (χ1n) is 10.1. The fraction of sp³-hybridized carbons (Fsp3) is 0.348. The van der Waals surface area contributed by atoms with Crippen LogP contribution in [0.25, 0.3) is 0 Å². The van der Waals surface area contributed by atoms with Crippen molar-refractivity contribution in [1.29, 1.82) is 0 Å². The van der Waals surface area contributed by atoms with Crippen molar-refractivity contribution in [2.45, 2.75) is 25.8 Å². The Balaban J connectivity index is 1.76. The quantitative estimate of drug-likeness (QED) is 0.797. The van der Waals surface area contributed by atoms with Gasteiger partial charge in [0.2, 0.25) is 11.8 Å². The number of nitrogens with one attached hydrogen (secondary N) is 1. The molecule has 3 rings (SSSR count). The summed E-state index contributed by atoms with van der Waals surface area (Å²) in [5.74, 6) is -0.436. The summed E-state index contributed by atoms with van der Waals surface area (Å²) in [6, 6.07) is 15.5. The first kappa shape index (κ1) is 21.8. The highest BCUT2D eigenvalue weighted by molar-refractivity contribution is 6.30.